The number of nitrogens with zero attached hydrogens (tertiary/aromatic N) is 1. The molecule has 2 rings (SSSR count). The van der Waals surface area contributed by atoms with Crippen molar-refractivity contribution in [2.75, 3.05) is 0 Å². The van der Waals surface area contributed by atoms with Crippen LogP contribution in [-0.2, 0) is 10.0 Å². The second kappa shape index (κ2) is 5.14. The van der Waals surface area contributed by atoms with Gasteiger partial charge in [-0.05, 0) is 26.3 Å². The molecule has 102 valence electrons. The van der Waals surface area contributed by atoms with E-state index in [4.69, 9.17) is 0 Å². The van der Waals surface area contributed by atoms with Crippen molar-refractivity contribution in [2.24, 2.45) is 0 Å². The fraction of sp³-hybridized carbons (Fsp3) is 0.308. The Morgan fingerprint density at radius 1 is 1.21 bits per heavy atom. The first-order valence-electron chi connectivity index (χ1n) is 6.00. The van der Waals surface area contributed by atoms with Gasteiger partial charge in [0, 0.05) is 6.04 Å². The smallest absolute Gasteiger partial charge is 0.244 e. The Morgan fingerprint density at radius 2 is 1.84 bits per heavy atom. The van der Waals surface area contributed by atoms with Crippen molar-refractivity contribution < 1.29 is 8.42 Å². The van der Waals surface area contributed by atoms with Crippen LogP contribution in [0.5, 0.6) is 0 Å². The molecule has 0 spiro atoms. The van der Waals surface area contributed by atoms with Gasteiger partial charge in [-0.1, -0.05) is 30.3 Å². The van der Waals surface area contributed by atoms with Crippen molar-refractivity contribution in [1.29, 1.82) is 0 Å². The third-order valence-electron chi connectivity index (χ3n) is 2.96. The van der Waals surface area contributed by atoms with Gasteiger partial charge in [0.05, 0.1) is 11.4 Å². The molecule has 0 radical (unpaired) electrons. The van der Waals surface area contributed by atoms with Crippen LogP contribution in [0.15, 0.2) is 35.2 Å². The first kappa shape index (κ1) is 13.8. The number of H-pyrrole nitrogens is 1. The van der Waals surface area contributed by atoms with Crippen LogP contribution in [0.4, 0.5) is 0 Å². The summed E-state index contributed by atoms with van der Waals surface area (Å²) in [6.07, 6.45) is 0. The number of aryl methyl sites for hydroxylation is 2. The van der Waals surface area contributed by atoms with Crippen LogP contribution >= 0.6 is 0 Å². The van der Waals surface area contributed by atoms with Gasteiger partial charge in [0.2, 0.25) is 10.0 Å². The van der Waals surface area contributed by atoms with Gasteiger partial charge >= 0.3 is 0 Å². The Kier molecular flexibility index (Phi) is 3.73. The van der Waals surface area contributed by atoms with Gasteiger partial charge in [-0.25, -0.2) is 13.1 Å². The molecular weight excluding hydrogens is 262 g/mol. The van der Waals surface area contributed by atoms with Crippen LogP contribution in [0, 0.1) is 13.8 Å². The number of hydrogen-bond donors (Lipinski definition) is 2. The van der Waals surface area contributed by atoms with Gasteiger partial charge in [0.15, 0.2) is 0 Å². The largest absolute Gasteiger partial charge is 0.281 e. The number of hydrogen-bond acceptors (Lipinski definition) is 3. The summed E-state index contributed by atoms with van der Waals surface area (Å²) in [5, 5.41) is 6.61. The molecule has 0 saturated carbocycles. The Balaban J connectivity index is 2.28. The van der Waals surface area contributed by atoms with E-state index in [0.29, 0.717) is 11.4 Å². The molecule has 0 aliphatic rings. The fourth-order valence-corrected chi connectivity index (χ4v) is 3.64. The Labute approximate surface area is 113 Å². The number of sulfonamides is 1. The zero-order valence-electron chi connectivity index (χ0n) is 11.1. The van der Waals surface area contributed by atoms with Crippen molar-refractivity contribution in [3.63, 3.8) is 0 Å². The molecule has 2 N–H and O–H groups in total. The topological polar surface area (TPSA) is 74.8 Å². The monoisotopic (exact) mass is 279 g/mol. The van der Waals surface area contributed by atoms with Crippen LogP contribution in [0.3, 0.4) is 0 Å². The number of aromatic amines is 1. The normalized spacial score (nSPS) is 13.4. The Morgan fingerprint density at radius 3 is 2.37 bits per heavy atom. The highest BCUT2D eigenvalue weighted by Crippen LogP contribution is 2.20. The van der Waals surface area contributed by atoms with Crippen molar-refractivity contribution in [2.45, 2.75) is 31.7 Å². The molecule has 5 nitrogen and oxygen atoms in total. The maximum atomic E-state index is 12.3. The second-order valence-electron chi connectivity index (χ2n) is 4.52. The van der Waals surface area contributed by atoms with E-state index in [2.05, 4.69) is 14.9 Å². The van der Waals surface area contributed by atoms with E-state index >= 15 is 0 Å². The molecule has 0 saturated heterocycles. The molecule has 0 fully saturated rings. The maximum absolute atomic E-state index is 12.3. The maximum Gasteiger partial charge on any atom is 0.244 e. The molecule has 1 atom stereocenters. The second-order valence-corrected chi connectivity index (χ2v) is 6.17. The summed E-state index contributed by atoms with van der Waals surface area (Å²) in [4.78, 5) is 0.232. The minimum Gasteiger partial charge on any atom is -0.281 e. The third kappa shape index (κ3) is 2.85. The number of benzene rings is 1. The number of aromatic nitrogens is 2. The van der Waals surface area contributed by atoms with Crippen LogP contribution in [0.2, 0.25) is 0 Å². The van der Waals surface area contributed by atoms with Crippen molar-refractivity contribution in [3.05, 3.63) is 47.3 Å². The highest BCUT2D eigenvalue weighted by Gasteiger charge is 2.24. The average molecular weight is 279 g/mol. The zero-order chi connectivity index (χ0) is 14.0. The van der Waals surface area contributed by atoms with Gasteiger partial charge < -0.3 is 0 Å². The molecule has 19 heavy (non-hydrogen) atoms. The van der Waals surface area contributed by atoms with Gasteiger partial charge in [-0.3, -0.25) is 5.10 Å². The standard InChI is InChI=1S/C13H17N3O2S/c1-9(12-7-5-4-6-8-12)16-19(17,18)13-10(2)14-15-11(13)3/h4-9,16H,1-3H3,(H,14,15). The summed E-state index contributed by atoms with van der Waals surface area (Å²) in [5.74, 6) is 0. The van der Waals surface area contributed by atoms with Crippen LogP contribution in [-0.4, -0.2) is 18.6 Å². The molecule has 1 aromatic carbocycles. The minimum absolute atomic E-state index is 0.232. The van der Waals surface area contributed by atoms with Gasteiger partial charge in [-0.15, -0.1) is 0 Å². The molecule has 0 aliphatic carbocycles. The Bertz CT molecular complexity index is 643. The predicted octanol–water partition coefficient (Wildman–Crippen LogP) is 2.07. The average Bonchev–Trinajstić information content (AvgIpc) is 2.70. The predicted molar refractivity (Wildman–Crippen MR) is 73.2 cm³/mol. The van der Waals surface area contributed by atoms with E-state index in [1.54, 1.807) is 13.8 Å². The summed E-state index contributed by atoms with van der Waals surface area (Å²) in [6.45, 7) is 5.19. The van der Waals surface area contributed by atoms with Gasteiger partial charge in [0.25, 0.3) is 0 Å². The van der Waals surface area contributed by atoms with Gasteiger partial charge in [0.1, 0.15) is 4.90 Å². The van der Waals surface area contributed by atoms with Crippen LogP contribution in [0.1, 0.15) is 29.9 Å². The SMILES string of the molecule is Cc1n[nH]c(C)c1S(=O)(=O)NC(C)c1ccccc1. The van der Waals surface area contributed by atoms with E-state index in [-0.39, 0.29) is 10.9 Å². The third-order valence-corrected chi connectivity index (χ3v) is 4.76. The van der Waals surface area contributed by atoms with E-state index < -0.39 is 10.0 Å². The fourth-order valence-electron chi connectivity index (χ4n) is 2.04. The van der Waals surface area contributed by atoms with Crippen molar-refractivity contribution in [3.8, 4) is 0 Å². The van der Waals surface area contributed by atoms with E-state index in [1.807, 2.05) is 37.3 Å². The molecule has 1 aromatic heterocycles. The van der Waals surface area contributed by atoms with E-state index in [0.717, 1.165) is 5.56 Å². The summed E-state index contributed by atoms with van der Waals surface area (Å²) in [5.41, 5.74) is 1.94. The molecule has 1 unspecified atom stereocenters. The summed E-state index contributed by atoms with van der Waals surface area (Å²) in [7, 11) is -3.57. The summed E-state index contributed by atoms with van der Waals surface area (Å²) in [6, 6.07) is 9.16. The molecule has 0 amide bonds. The van der Waals surface area contributed by atoms with Crippen LogP contribution < -0.4 is 4.72 Å². The molecule has 2 aromatic rings. The highest BCUT2D eigenvalue weighted by molar-refractivity contribution is 7.89. The van der Waals surface area contributed by atoms with Gasteiger partial charge in [-0.2, -0.15) is 5.10 Å². The van der Waals surface area contributed by atoms with Crippen molar-refractivity contribution in [1.82, 2.24) is 14.9 Å². The zero-order valence-corrected chi connectivity index (χ0v) is 12.0. The first-order valence-corrected chi connectivity index (χ1v) is 7.49. The lowest BCUT2D eigenvalue weighted by Crippen LogP contribution is -2.27. The quantitative estimate of drug-likeness (QED) is 0.899. The molecular formula is C13H17N3O2S. The Hall–Kier alpha value is -1.66. The summed E-state index contributed by atoms with van der Waals surface area (Å²) >= 11 is 0. The molecule has 6 heteroatoms. The lowest BCUT2D eigenvalue weighted by Gasteiger charge is -2.14. The lowest BCUT2D eigenvalue weighted by atomic mass is 10.1. The molecule has 0 bridgehead atoms. The minimum atomic E-state index is -3.57. The number of rotatable bonds is 4. The van der Waals surface area contributed by atoms with E-state index in [1.165, 1.54) is 0 Å². The summed E-state index contributed by atoms with van der Waals surface area (Å²) < 4.78 is 27.4. The van der Waals surface area contributed by atoms with Crippen molar-refractivity contribution >= 4 is 10.0 Å². The molecule has 1 heterocycles. The number of nitrogens with one attached hydrogen (secondary N) is 2. The van der Waals surface area contributed by atoms with E-state index in [9.17, 15) is 8.42 Å². The lowest BCUT2D eigenvalue weighted by molar-refractivity contribution is 0.566. The molecule has 0 aliphatic heterocycles. The van der Waals surface area contributed by atoms with Crippen LogP contribution in [0.25, 0.3) is 0 Å². The first-order chi connectivity index (χ1) is 8.92. The highest BCUT2D eigenvalue weighted by atomic mass is 32.2.